The highest BCUT2D eigenvalue weighted by Gasteiger charge is 2.54. The Balaban J connectivity index is 1.27. The average Bonchev–Trinajstić information content (AvgIpc) is 3.16. The van der Waals surface area contributed by atoms with Crippen LogP contribution in [0.15, 0.2) is 72.8 Å². The van der Waals surface area contributed by atoms with Crippen molar-refractivity contribution < 1.29 is 5.11 Å². The standard InChI is InChI=1S/C30H32O/c1-30-18-17-26-25-14-12-24(31)19-23(25)11-13-27(26)29(30)16-15-28(30)22-9-7-21(8-10-22)20-5-3-2-4-6-20/h2-10,12,14,19,26-29,31H,11,13,15-18H2,1H3/t26-,27-,28-,29+,30-/m1/s1. The first kappa shape index (κ1) is 19.2. The minimum atomic E-state index is 0.420. The summed E-state index contributed by atoms with van der Waals surface area (Å²) in [5, 5.41) is 9.93. The Morgan fingerprint density at radius 2 is 1.58 bits per heavy atom. The first-order valence-corrected chi connectivity index (χ1v) is 12.1. The fourth-order valence-corrected chi connectivity index (χ4v) is 7.65. The molecule has 0 radical (unpaired) electrons. The molecule has 3 aromatic rings. The lowest BCUT2D eigenvalue weighted by Crippen LogP contribution is -2.41. The number of hydrogen-bond acceptors (Lipinski definition) is 1. The summed E-state index contributed by atoms with van der Waals surface area (Å²) in [4.78, 5) is 0. The molecular formula is C30H32O. The lowest BCUT2D eigenvalue weighted by Gasteiger charge is -2.51. The van der Waals surface area contributed by atoms with Crippen molar-refractivity contribution in [2.45, 2.75) is 57.3 Å². The second-order valence-corrected chi connectivity index (χ2v) is 10.5. The molecule has 0 saturated heterocycles. The number of hydrogen-bond donors (Lipinski definition) is 1. The van der Waals surface area contributed by atoms with Crippen LogP contribution in [0.5, 0.6) is 5.75 Å². The van der Waals surface area contributed by atoms with E-state index in [-0.39, 0.29) is 0 Å². The molecule has 0 bridgehead atoms. The van der Waals surface area contributed by atoms with Gasteiger partial charge in [-0.05, 0) is 108 Å². The summed E-state index contributed by atoms with van der Waals surface area (Å²) in [7, 11) is 0. The number of aryl methyl sites for hydroxylation is 1. The van der Waals surface area contributed by atoms with Crippen LogP contribution in [0.2, 0.25) is 0 Å². The second kappa shape index (κ2) is 7.26. The molecule has 3 aliphatic carbocycles. The lowest BCUT2D eigenvalue weighted by molar-refractivity contribution is 0.0482. The number of fused-ring (bicyclic) bond motifs is 5. The summed E-state index contributed by atoms with van der Waals surface area (Å²) in [6, 6.07) is 26.3. The van der Waals surface area contributed by atoms with E-state index in [4.69, 9.17) is 0 Å². The van der Waals surface area contributed by atoms with E-state index in [9.17, 15) is 5.11 Å². The van der Waals surface area contributed by atoms with E-state index in [0.717, 1.165) is 18.3 Å². The molecule has 0 heterocycles. The van der Waals surface area contributed by atoms with Crippen LogP contribution >= 0.6 is 0 Å². The molecule has 0 amide bonds. The van der Waals surface area contributed by atoms with Crippen molar-refractivity contribution in [3.05, 3.63) is 89.5 Å². The van der Waals surface area contributed by atoms with E-state index in [0.29, 0.717) is 23.0 Å². The summed E-state index contributed by atoms with van der Waals surface area (Å²) < 4.78 is 0. The Morgan fingerprint density at radius 1 is 0.806 bits per heavy atom. The van der Waals surface area contributed by atoms with Gasteiger partial charge in [-0.15, -0.1) is 0 Å². The molecule has 2 fully saturated rings. The molecule has 1 heteroatoms. The van der Waals surface area contributed by atoms with Crippen molar-refractivity contribution in [2.75, 3.05) is 0 Å². The smallest absolute Gasteiger partial charge is 0.115 e. The highest BCUT2D eigenvalue weighted by Crippen LogP contribution is 2.65. The summed E-state index contributed by atoms with van der Waals surface area (Å²) >= 11 is 0. The fraction of sp³-hybridized carbons (Fsp3) is 0.400. The van der Waals surface area contributed by atoms with Crippen LogP contribution in [0.25, 0.3) is 11.1 Å². The Hall–Kier alpha value is -2.54. The minimum absolute atomic E-state index is 0.420. The lowest BCUT2D eigenvalue weighted by atomic mass is 9.53. The molecule has 0 aromatic heterocycles. The highest BCUT2D eigenvalue weighted by atomic mass is 16.3. The molecule has 2 saturated carbocycles. The third-order valence-corrected chi connectivity index (χ3v) is 9.13. The molecule has 1 nitrogen and oxygen atoms in total. The van der Waals surface area contributed by atoms with Crippen LogP contribution < -0.4 is 0 Å². The maximum atomic E-state index is 9.93. The van der Waals surface area contributed by atoms with Crippen LogP contribution in [0.4, 0.5) is 0 Å². The third-order valence-electron chi connectivity index (χ3n) is 9.13. The van der Waals surface area contributed by atoms with Crippen LogP contribution in [0, 0.1) is 17.3 Å². The van der Waals surface area contributed by atoms with Crippen LogP contribution in [0.1, 0.15) is 67.6 Å². The maximum Gasteiger partial charge on any atom is 0.115 e. The highest BCUT2D eigenvalue weighted by molar-refractivity contribution is 5.63. The quantitative estimate of drug-likeness (QED) is 0.460. The molecule has 31 heavy (non-hydrogen) atoms. The molecule has 5 atom stereocenters. The Bertz CT molecular complexity index is 1080. The number of benzene rings is 3. The largest absolute Gasteiger partial charge is 0.508 e. The van der Waals surface area contributed by atoms with Gasteiger partial charge in [0.1, 0.15) is 5.75 Å². The van der Waals surface area contributed by atoms with Crippen molar-refractivity contribution in [1.29, 1.82) is 0 Å². The third kappa shape index (κ3) is 3.04. The maximum absolute atomic E-state index is 9.93. The van der Waals surface area contributed by atoms with Gasteiger partial charge in [0.2, 0.25) is 0 Å². The van der Waals surface area contributed by atoms with E-state index in [1.165, 1.54) is 54.4 Å². The zero-order chi connectivity index (χ0) is 21.0. The number of aromatic hydroxyl groups is 1. The Labute approximate surface area is 186 Å². The zero-order valence-corrected chi connectivity index (χ0v) is 18.4. The van der Waals surface area contributed by atoms with Crippen molar-refractivity contribution >= 4 is 0 Å². The van der Waals surface area contributed by atoms with Gasteiger partial charge in [0.25, 0.3) is 0 Å². The van der Waals surface area contributed by atoms with Gasteiger partial charge in [0.05, 0.1) is 0 Å². The van der Waals surface area contributed by atoms with E-state index < -0.39 is 0 Å². The summed E-state index contributed by atoms with van der Waals surface area (Å²) in [5.74, 6) is 3.44. The van der Waals surface area contributed by atoms with Crippen molar-refractivity contribution in [1.82, 2.24) is 0 Å². The Morgan fingerprint density at radius 3 is 2.39 bits per heavy atom. The number of phenolic OH excluding ortho intramolecular Hbond substituents is 1. The van der Waals surface area contributed by atoms with Crippen LogP contribution in [-0.2, 0) is 6.42 Å². The van der Waals surface area contributed by atoms with Crippen LogP contribution in [0.3, 0.4) is 0 Å². The van der Waals surface area contributed by atoms with Gasteiger partial charge >= 0.3 is 0 Å². The van der Waals surface area contributed by atoms with Crippen molar-refractivity contribution in [3.8, 4) is 16.9 Å². The molecular weight excluding hydrogens is 376 g/mol. The molecule has 6 rings (SSSR count). The van der Waals surface area contributed by atoms with Gasteiger partial charge in [-0.3, -0.25) is 0 Å². The Kier molecular flexibility index (Phi) is 4.49. The molecule has 0 unspecified atom stereocenters. The number of phenols is 1. The van der Waals surface area contributed by atoms with E-state index in [1.54, 1.807) is 5.56 Å². The first-order chi connectivity index (χ1) is 15.1. The average molecular weight is 409 g/mol. The van der Waals surface area contributed by atoms with Gasteiger partial charge in [0, 0.05) is 0 Å². The van der Waals surface area contributed by atoms with Crippen LogP contribution in [-0.4, -0.2) is 5.11 Å². The first-order valence-electron chi connectivity index (χ1n) is 12.1. The topological polar surface area (TPSA) is 20.2 Å². The molecule has 0 aliphatic heterocycles. The predicted molar refractivity (Wildman–Crippen MR) is 127 cm³/mol. The molecule has 1 N–H and O–H groups in total. The van der Waals surface area contributed by atoms with Gasteiger partial charge in [-0.1, -0.05) is 67.6 Å². The van der Waals surface area contributed by atoms with Crippen molar-refractivity contribution in [3.63, 3.8) is 0 Å². The predicted octanol–water partition coefficient (Wildman–Crippen LogP) is 7.70. The molecule has 158 valence electrons. The van der Waals surface area contributed by atoms with Gasteiger partial charge < -0.3 is 5.11 Å². The normalized spacial score (nSPS) is 31.5. The van der Waals surface area contributed by atoms with E-state index in [1.807, 2.05) is 12.1 Å². The number of rotatable bonds is 2. The SMILES string of the molecule is C[C@]12CC[C@@H]3c4ccc(O)cc4CC[C@H]3[C@@H]1CC[C@@H]2c1ccc(-c2ccccc2)cc1. The fourth-order valence-electron chi connectivity index (χ4n) is 7.65. The van der Waals surface area contributed by atoms with Gasteiger partial charge in [0.15, 0.2) is 0 Å². The van der Waals surface area contributed by atoms with Gasteiger partial charge in [-0.25, -0.2) is 0 Å². The summed E-state index contributed by atoms with van der Waals surface area (Å²) in [6.07, 6.45) is 7.75. The van der Waals surface area contributed by atoms with Crippen molar-refractivity contribution in [2.24, 2.45) is 17.3 Å². The second-order valence-electron chi connectivity index (χ2n) is 10.5. The summed E-state index contributed by atoms with van der Waals surface area (Å²) in [5.41, 5.74) is 7.52. The summed E-state index contributed by atoms with van der Waals surface area (Å²) in [6.45, 7) is 2.60. The zero-order valence-electron chi connectivity index (χ0n) is 18.4. The van der Waals surface area contributed by atoms with E-state index in [2.05, 4.69) is 67.6 Å². The minimum Gasteiger partial charge on any atom is -0.508 e. The molecule has 3 aliphatic rings. The molecule has 0 spiro atoms. The molecule has 3 aromatic carbocycles. The van der Waals surface area contributed by atoms with Gasteiger partial charge in [-0.2, -0.15) is 0 Å². The van der Waals surface area contributed by atoms with E-state index >= 15 is 0 Å². The monoisotopic (exact) mass is 408 g/mol.